The molecule has 21 heavy (non-hydrogen) atoms. The lowest BCUT2D eigenvalue weighted by Gasteiger charge is -2.07. The Morgan fingerprint density at radius 2 is 1.95 bits per heavy atom. The number of carbonyl (C=O) groups is 1. The SMILES string of the molecule is Cc1ccc(C(=O)Nc2ccc(C#CCN)cc2F)cc1. The molecule has 0 aliphatic carbocycles. The van der Waals surface area contributed by atoms with Crippen molar-refractivity contribution in [2.24, 2.45) is 5.73 Å². The minimum Gasteiger partial charge on any atom is -0.320 e. The molecular formula is C17H15FN2O. The van der Waals surface area contributed by atoms with E-state index in [-0.39, 0.29) is 18.1 Å². The topological polar surface area (TPSA) is 55.1 Å². The molecule has 0 saturated heterocycles. The number of nitrogens with two attached hydrogens (primary N) is 1. The molecule has 0 atom stereocenters. The van der Waals surface area contributed by atoms with Gasteiger partial charge in [-0.2, -0.15) is 0 Å². The third-order valence-electron chi connectivity index (χ3n) is 2.87. The fourth-order valence-electron chi connectivity index (χ4n) is 1.75. The normalized spacial score (nSPS) is 9.67. The summed E-state index contributed by atoms with van der Waals surface area (Å²) in [5.41, 5.74) is 7.44. The Morgan fingerprint density at radius 1 is 1.24 bits per heavy atom. The zero-order valence-corrected chi connectivity index (χ0v) is 11.6. The van der Waals surface area contributed by atoms with Crippen molar-refractivity contribution < 1.29 is 9.18 Å². The van der Waals surface area contributed by atoms with E-state index >= 15 is 0 Å². The fourth-order valence-corrected chi connectivity index (χ4v) is 1.75. The number of benzene rings is 2. The number of carbonyl (C=O) groups excluding carboxylic acids is 1. The predicted molar refractivity (Wildman–Crippen MR) is 81.5 cm³/mol. The molecule has 4 heteroatoms. The first kappa shape index (κ1) is 14.8. The molecule has 106 valence electrons. The molecule has 3 N–H and O–H groups in total. The second kappa shape index (κ2) is 6.69. The van der Waals surface area contributed by atoms with E-state index in [4.69, 9.17) is 5.73 Å². The Bertz CT molecular complexity index is 712. The van der Waals surface area contributed by atoms with Crippen LogP contribution in [0.1, 0.15) is 21.5 Å². The van der Waals surface area contributed by atoms with Gasteiger partial charge in [-0.1, -0.05) is 29.5 Å². The van der Waals surface area contributed by atoms with E-state index in [1.807, 2.05) is 19.1 Å². The molecule has 0 aromatic heterocycles. The van der Waals surface area contributed by atoms with Crippen molar-refractivity contribution in [1.29, 1.82) is 0 Å². The van der Waals surface area contributed by atoms with Gasteiger partial charge in [0.05, 0.1) is 12.2 Å². The van der Waals surface area contributed by atoms with Gasteiger partial charge < -0.3 is 11.1 Å². The van der Waals surface area contributed by atoms with Crippen LogP contribution in [-0.4, -0.2) is 12.5 Å². The first-order chi connectivity index (χ1) is 10.1. The van der Waals surface area contributed by atoms with Crippen LogP contribution in [-0.2, 0) is 0 Å². The van der Waals surface area contributed by atoms with E-state index in [1.54, 1.807) is 18.2 Å². The van der Waals surface area contributed by atoms with Gasteiger partial charge in [0, 0.05) is 11.1 Å². The molecule has 0 aliphatic rings. The number of rotatable bonds is 2. The van der Waals surface area contributed by atoms with Gasteiger partial charge in [-0.05, 0) is 37.3 Å². The summed E-state index contributed by atoms with van der Waals surface area (Å²) in [6.45, 7) is 2.15. The molecule has 1 amide bonds. The van der Waals surface area contributed by atoms with Crippen LogP contribution in [0.4, 0.5) is 10.1 Å². The second-order valence-corrected chi connectivity index (χ2v) is 4.52. The van der Waals surface area contributed by atoms with Gasteiger partial charge in [0.1, 0.15) is 5.82 Å². The Kier molecular flexibility index (Phi) is 4.70. The zero-order valence-electron chi connectivity index (χ0n) is 11.6. The van der Waals surface area contributed by atoms with Gasteiger partial charge in [0.15, 0.2) is 0 Å². The summed E-state index contributed by atoms with van der Waals surface area (Å²) in [6.07, 6.45) is 0. The standard InChI is InChI=1S/C17H15FN2O/c1-12-4-7-14(8-5-12)17(21)20-16-9-6-13(3-2-10-19)11-15(16)18/h4-9,11H,10,19H2,1H3,(H,20,21). The molecular weight excluding hydrogens is 267 g/mol. The van der Waals surface area contributed by atoms with Gasteiger partial charge in [-0.15, -0.1) is 0 Å². The maximum Gasteiger partial charge on any atom is 0.255 e. The van der Waals surface area contributed by atoms with Gasteiger partial charge >= 0.3 is 0 Å². The van der Waals surface area contributed by atoms with Crippen LogP contribution < -0.4 is 11.1 Å². The largest absolute Gasteiger partial charge is 0.320 e. The maximum absolute atomic E-state index is 13.9. The summed E-state index contributed by atoms with van der Waals surface area (Å²) in [4.78, 5) is 12.0. The summed E-state index contributed by atoms with van der Waals surface area (Å²) in [5, 5.41) is 2.54. The van der Waals surface area contributed by atoms with Gasteiger partial charge in [0.2, 0.25) is 0 Å². The molecule has 0 unspecified atom stereocenters. The van der Waals surface area contributed by atoms with E-state index in [1.165, 1.54) is 12.1 Å². The second-order valence-electron chi connectivity index (χ2n) is 4.52. The molecule has 0 saturated carbocycles. The average Bonchev–Trinajstić information content (AvgIpc) is 2.48. The molecule has 2 aromatic carbocycles. The van der Waals surface area contributed by atoms with Crippen molar-refractivity contribution >= 4 is 11.6 Å². The highest BCUT2D eigenvalue weighted by Crippen LogP contribution is 2.16. The number of amides is 1. The lowest BCUT2D eigenvalue weighted by Crippen LogP contribution is -2.13. The lowest BCUT2D eigenvalue weighted by atomic mass is 10.1. The predicted octanol–water partition coefficient (Wildman–Crippen LogP) is 2.70. The highest BCUT2D eigenvalue weighted by atomic mass is 19.1. The highest BCUT2D eigenvalue weighted by Gasteiger charge is 2.09. The number of anilines is 1. The number of aryl methyl sites for hydroxylation is 1. The van der Waals surface area contributed by atoms with E-state index in [0.29, 0.717) is 11.1 Å². The smallest absolute Gasteiger partial charge is 0.255 e. The van der Waals surface area contributed by atoms with Crippen molar-refractivity contribution in [3.05, 3.63) is 65.0 Å². The van der Waals surface area contributed by atoms with Gasteiger partial charge in [-0.25, -0.2) is 4.39 Å². The molecule has 0 aliphatic heterocycles. The van der Waals surface area contributed by atoms with Crippen LogP contribution in [0.3, 0.4) is 0 Å². The molecule has 2 rings (SSSR count). The van der Waals surface area contributed by atoms with Crippen molar-refractivity contribution in [2.75, 3.05) is 11.9 Å². The Labute approximate surface area is 123 Å². The van der Waals surface area contributed by atoms with E-state index in [9.17, 15) is 9.18 Å². The first-order valence-electron chi connectivity index (χ1n) is 6.46. The minimum atomic E-state index is -0.528. The monoisotopic (exact) mass is 282 g/mol. The van der Waals surface area contributed by atoms with Gasteiger partial charge in [0.25, 0.3) is 5.91 Å². The number of nitrogens with one attached hydrogen (secondary N) is 1. The summed E-state index contributed by atoms with van der Waals surface area (Å²) < 4.78 is 13.9. The van der Waals surface area contributed by atoms with Crippen molar-refractivity contribution in [1.82, 2.24) is 0 Å². The fraction of sp³-hybridized carbons (Fsp3) is 0.118. The number of halogens is 1. The van der Waals surface area contributed by atoms with E-state index in [2.05, 4.69) is 17.2 Å². The van der Waals surface area contributed by atoms with Crippen molar-refractivity contribution in [2.45, 2.75) is 6.92 Å². The van der Waals surface area contributed by atoms with Crippen LogP contribution in [0.5, 0.6) is 0 Å². The number of hydrogen-bond acceptors (Lipinski definition) is 2. The van der Waals surface area contributed by atoms with Crippen molar-refractivity contribution in [3.8, 4) is 11.8 Å². The third kappa shape index (κ3) is 3.91. The van der Waals surface area contributed by atoms with Crippen LogP contribution in [0.15, 0.2) is 42.5 Å². The summed E-state index contributed by atoms with van der Waals surface area (Å²) >= 11 is 0. The number of hydrogen-bond donors (Lipinski definition) is 2. The van der Waals surface area contributed by atoms with Crippen LogP contribution in [0.25, 0.3) is 0 Å². The van der Waals surface area contributed by atoms with Crippen molar-refractivity contribution in [3.63, 3.8) is 0 Å². The summed E-state index contributed by atoms with van der Waals surface area (Å²) in [7, 11) is 0. The van der Waals surface area contributed by atoms with E-state index < -0.39 is 5.82 Å². The lowest BCUT2D eigenvalue weighted by molar-refractivity contribution is 0.102. The molecule has 0 radical (unpaired) electrons. The first-order valence-corrected chi connectivity index (χ1v) is 6.46. The minimum absolute atomic E-state index is 0.124. The molecule has 3 nitrogen and oxygen atoms in total. The van der Waals surface area contributed by atoms with E-state index in [0.717, 1.165) is 5.56 Å². The third-order valence-corrected chi connectivity index (χ3v) is 2.87. The zero-order chi connectivity index (χ0) is 15.2. The molecule has 0 fully saturated rings. The molecule has 0 spiro atoms. The highest BCUT2D eigenvalue weighted by molar-refractivity contribution is 6.04. The van der Waals surface area contributed by atoms with Crippen LogP contribution >= 0.6 is 0 Å². The summed E-state index contributed by atoms with van der Waals surface area (Å²) in [6, 6.07) is 11.5. The molecule has 2 aromatic rings. The maximum atomic E-state index is 13.9. The van der Waals surface area contributed by atoms with Crippen LogP contribution in [0, 0.1) is 24.6 Å². The molecule has 0 bridgehead atoms. The van der Waals surface area contributed by atoms with Gasteiger partial charge in [-0.3, -0.25) is 4.79 Å². The summed E-state index contributed by atoms with van der Waals surface area (Å²) in [5.74, 6) is 4.50. The average molecular weight is 282 g/mol. The quantitative estimate of drug-likeness (QED) is 0.832. The Morgan fingerprint density at radius 3 is 2.57 bits per heavy atom. The van der Waals surface area contributed by atoms with Crippen LogP contribution in [0.2, 0.25) is 0 Å². The molecule has 0 heterocycles. The Hall–Kier alpha value is -2.64. The Balaban J connectivity index is 2.16.